The lowest BCUT2D eigenvalue weighted by Gasteiger charge is -2.26. The molecule has 1 aliphatic heterocycles. The van der Waals surface area contributed by atoms with E-state index in [2.05, 4.69) is 0 Å². The number of carbonyl (C=O) groups is 2. The zero-order chi connectivity index (χ0) is 19.4. The summed E-state index contributed by atoms with van der Waals surface area (Å²) < 4.78 is 31.5. The lowest BCUT2D eigenvalue weighted by Crippen LogP contribution is -2.42. The topological polar surface area (TPSA) is 80.8 Å². The summed E-state index contributed by atoms with van der Waals surface area (Å²) in [4.78, 5) is 25.0. The van der Waals surface area contributed by atoms with Crippen molar-refractivity contribution in [2.75, 3.05) is 6.54 Å². The molecule has 6 nitrogen and oxygen atoms in total. The Balaban J connectivity index is 1.75. The molecule has 1 aliphatic rings. The Morgan fingerprint density at radius 2 is 1.74 bits per heavy atom. The second kappa shape index (κ2) is 7.75. The van der Waals surface area contributed by atoms with Crippen LogP contribution in [-0.2, 0) is 31.0 Å². The standard InChI is InChI=1S/C20H19NO5S/c1-15-9-11-17(12-10-15)27(24,25)21-13-5-8-18(19(21)22)20(23)26-14-16-6-3-2-4-7-16/h2-4,6-12H,5,13-14H2,1H3. The van der Waals surface area contributed by atoms with Crippen LogP contribution in [0, 0.1) is 6.92 Å². The van der Waals surface area contributed by atoms with Crippen molar-refractivity contribution >= 4 is 21.9 Å². The number of sulfonamides is 1. The summed E-state index contributed by atoms with van der Waals surface area (Å²) >= 11 is 0. The third kappa shape index (κ3) is 4.09. The smallest absolute Gasteiger partial charge is 0.343 e. The molecule has 1 amide bonds. The number of benzene rings is 2. The maximum atomic E-state index is 12.8. The number of esters is 1. The summed E-state index contributed by atoms with van der Waals surface area (Å²) in [7, 11) is -4.03. The molecule has 0 aliphatic carbocycles. The fraction of sp³-hybridized carbons (Fsp3) is 0.200. The molecule has 27 heavy (non-hydrogen) atoms. The minimum Gasteiger partial charge on any atom is -0.457 e. The third-order valence-electron chi connectivity index (χ3n) is 4.18. The molecule has 0 spiro atoms. The first-order valence-corrected chi connectivity index (χ1v) is 9.88. The predicted molar refractivity (Wildman–Crippen MR) is 99.0 cm³/mol. The summed E-state index contributed by atoms with van der Waals surface area (Å²) in [6.07, 6.45) is 1.68. The fourth-order valence-corrected chi connectivity index (χ4v) is 4.08. The first-order chi connectivity index (χ1) is 12.9. The van der Waals surface area contributed by atoms with Gasteiger partial charge < -0.3 is 4.74 Å². The highest BCUT2D eigenvalue weighted by molar-refractivity contribution is 7.89. The first kappa shape index (κ1) is 18.8. The van der Waals surface area contributed by atoms with Crippen molar-refractivity contribution in [3.63, 3.8) is 0 Å². The molecule has 3 rings (SSSR count). The van der Waals surface area contributed by atoms with Crippen molar-refractivity contribution in [2.45, 2.75) is 24.8 Å². The fourth-order valence-electron chi connectivity index (χ4n) is 2.69. The van der Waals surface area contributed by atoms with Crippen molar-refractivity contribution in [2.24, 2.45) is 0 Å². The molecule has 0 saturated heterocycles. The molecule has 0 bridgehead atoms. The Hall–Kier alpha value is -2.93. The van der Waals surface area contributed by atoms with E-state index < -0.39 is 21.9 Å². The second-order valence-corrected chi connectivity index (χ2v) is 8.03. The Bertz CT molecular complexity index is 979. The molecule has 0 atom stereocenters. The van der Waals surface area contributed by atoms with Gasteiger partial charge in [0, 0.05) is 6.54 Å². The lowest BCUT2D eigenvalue weighted by atomic mass is 10.1. The van der Waals surface area contributed by atoms with E-state index in [1.54, 1.807) is 24.3 Å². The van der Waals surface area contributed by atoms with Crippen LogP contribution in [0.2, 0.25) is 0 Å². The molecule has 1 heterocycles. The van der Waals surface area contributed by atoms with Gasteiger partial charge in [-0.2, -0.15) is 0 Å². The average Bonchev–Trinajstić information content (AvgIpc) is 2.67. The molecule has 2 aromatic rings. The van der Waals surface area contributed by atoms with Crippen LogP contribution >= 0.6 is 0 Å². The summed E-state index contributed by atoms with van der Waals surface area (Å²) in [5.41, 5.74) is 1.43. The van der Waals surface area contributed by atoms with E-state index in [-0.39, 0.29) is 30.0 Å². The van der Waals surface area contributed by atoms with Crippen LogP contribution in [0.25, 0.3) is 0 Å². The second-order valence-electron chi connectivity index (χ2n) is 6.16. The molecule has 0 N–H and O–H groups in total. The number of nitrogens with zero attached hydrogens (tertiary/aromatic N) is 1. The molecule has 0 saturated carbocycles. The zero-order valence-corrected chi connectivity index (χ0v) is 15.6. The van der Waals surface area contributed by atoms with Crippen LogP contribution in [0.15, 0.2) is 71.1 Å². The lowest BCUT2D eigenvalue weighted by molar-refractivity contribution is -0.142. The van der Waals surface area contributed by atoms with Gasteiger partial charge in [0.25, 0.3) is 15.9 Å². The van der Waals surface area contributed by atoms with Crippen molar-refractivity contribution < 1.29 is 22.7 Å². The number of carbonyl (C=O) groups excluding carboxylic acids is 2. The number of amides is 1. The van der Waals surface area contributed by atoms with E-state index in [0.717, 1.165) is 15.4 Å². The minimum absolute atomic E-state index is 0.00893. The molecule has 0 fully saturated rings. The monoisotopic (exact) mass is 385 g/mol. The van der Waals surface area contributed by atoms with Gasteiger partial charge >= 0.3 is 5.97 Å². The molecular formula is C20H19NO5S. The van der Waals surface area contributed by atoms with Crippen LogP contribution in [0.5, 0.6) is 0 Å². The number of ether oxygens (including phenoxy) is 1. The number of hydrogen-bond acceptors (Lipinski definition) is 5. The van der Waals surface area contributed by atoms with Crippen LogP contribution in [0.1, 0.15) is 17.5 Å². The molecule has 0 aromatic heterocycles. The predicted octanol–water partition coefficient (Wildman–Crippen LogP) is 2.59. The maximum absolute atomic E-state index is 12.8. The zero-order valence-electron chi connectivity index (χ0n) is 14.8. The van der Waals surface area contributed by atoms with Gasteiger partial charge in [0.2, 0.25) is 0 Å². The van der Waals surface area contributed by atoms with E-state index >= 15 is 0 Å². The van der Waals surface area contributed by atoms with Gasteiger partial charge in [-0.05, 0) is 31.0 Å². The highest BCUT2D eigenvalue weighted by atomic mass is 32.2. The van der Waals surface area contributed by atoms with Gasteiger partial charge in [0.1, 0.15) is 12.2 Å². The van der Waals surface area contributed by atoms with Gasteiger partial charge in [-0.15, -0.1) is 0 Å². The Labute approximate surface area is 158 Å². The Morgan fingerprint density at radius 3 is 2.41 bits per heavy atom. The molecule has 140 valence electrons. The third-order valence-corrected chi connectivity index (χ3v) is 5.98. The van der Waals surface area contributed by atoms with E-state index in [9.17, 15) is 18.0 Å². The highest BCUT2D eigenvalue weighted by Gasteiger charge is 2.36. The summed E-state index contributed by atoms with van der Waals surface area (Å²) in [6.45, 7) is 1.84. The van der Waals surface area contributed by atoms with E-state index in [4.69, 9.17) is 4.74 Å². The van der Waals surface area contributed by atoms with Crippen LogP contribution < -0.4 is 0 Å². The van der Waals surface area contributed by atoms with Crippen LogP contribution in [0.4, 0.5) is 0 Å². The summed E-state index contributed by atoms with van der Waals surface area (Å²) in [6, 6.07) is 15.3. The summed E-state index contributed by atoms with van der Waals surface area (Å²) in [5, 5.41) is 0. The molecule has 7 heteroatoms. The van der Waals surface area contributed by atoms with Crippen molar-refractivity contribution in [1.82, 2.24) is 4.31 Å². The summed E-state index contributed by atoms with van der Waals surface area (Å²) in [5.74, 6) is -1.69. The normalized spacial score (nSPS) is 14.6. The van der Waals surface area contributed by atoms with Crippen LogP contribution in [-0.4, -0.2) is 31.1 Å². The average molecular weight is 385 g/mol. The van der Waals surface area contributed by atoms with E-state index in [0.29, 0.717) is 0 Å². The van der Waals surface area contributed by atoms with Gasteiger partial charge in [0.15, 0.2) is 0 Å². The van der Waals surface area contributed by atoms with E-state index in [1.165, 1.54) is 18.2 Å². The number of hydrogen-bond donors (Lipinski definition) is 0. The largest absolute Gasteiger partial charge is 0.457 e. The molecular weight excluding hydrogens is 366 g/mol. The quantitative estimate of drug-likeness (QED) is 0.584. The van der Waals surface area contributed by atoms with Gasteiger partial charge in [-0.1, -0.05) is 54.1 Å². The van der Waals surface area contributed by atoms with Gasteiger partial charge in [-0.3, -0.25) is 4.79 Å². The Kier molecular flexibility index (Phi) is 5.41. The van der Waals surface area contributed by atoms with Crippen molar-refractivity contribution in [3.05, 3.63) is 77.4 Å². The molecule has 0 radical (unpaired) electrons. The number of rotatable bonds is 5. The first-order valence-electron chi connectivity index (χ1n) is 8.44. The van der Waals surface area contributed by atoms with Crippen molar-refractivity contribution in [3.8, 4) is 0 Å². The van der Waals surface area contributed by atoms with E-state index in [1.807, 2.05) is 25.1 Å². The van der Waals surface area contributed by atoms with Crippen LogP contribution in [0.3, 0.4) is 0 Å². The maximum Gasteiger partial charge on any atom is 0.343 e. The highest BCUT2D eigenvalue weighted by Crippen LogP contribution is 2.23. The Morgan fingerprint density at radius 1 is 1.07 bits per heavy atom. The van der Waals surface area contributed by atoms with Crippen molar-refractivity contribution in [1.29, 1.82) is 0 Å². The van der Waals surface area contributed by atoms with Gasteiger partial charge in [0.05, 0.1) is 4.90 Å². The SMILES string of the molecule is Cc1ccc(S(=O)(=O)N2CCC=C(C(=O)OCc3ccccc3)C2=O)cc1. The van der Waals surface area contributed by atoms with Gasteiger partial charge in [-0.25, -0.2) is 17.5 Å². The molecule has 0 unspecified atom stereocenters. The number of aryl methyl sites for hydroxylation is 1. The minimum atomic E-state index is -4.03. The molecule has 2 aromatic carbocycles.